The maximum absolute atomic E-state index is 13.9. The second-order valence-corrected chi connectivity index (χ2v) is 6.40. The van der Waals surface area contributed by atoms with Gasteiger partial charge in [0.1, 0.15) is 11.4 Å². The molecule has 7 heteroatoms. The molecule has 0 fully saturated rings. The third-order valence-corrected chi connectivity index (χ3v) is 4.19. The monoisotopic (exact) mass is 427 g/mol. The molecule has 0 aliphatic carbocycles. The Morgan fingerprint density at radius 1 is 0.900 bits per heavy atom. The highest BCUT2D eigenvalue weighted by atomic mass is 32.1. The molecule has 0 radical (unpaired) electrons. The topological polar surface area (TPSA) is 21.6 Å². The first-order valence-electron chi connectivity index (χ1n) is 8.61. The number of hydrogen-bond donors (Lipinski definition) is 0. The Kier molecular flexibility index (Phi) is 6.31. The summed E-state index contributed by atoms with van der Waals surface area (Å²) in [4.78, 5) is 3.62. The summed E-state index contributed by atoms with van der Waals surface area (Å²) >= 11 is 4.47. The molecule has 2 nitrogen and oxygen atoms in total. The van der Waals surface area contributed by atoms with Crippen LogP contribution < -0.4 is 4.74 Å². The molecule has 150 valence electrons. The van der Waals surface area contributed by atoms with Crippen molar-refractivity contribution in [1.82, 2.24) is 0 Å². The molecule has 0 bridgehead atoms. The summed E-state index contributed by atoms with van der Waals surface area (Å²) in [5.74, 6) is 5.08. The van der Waals surface area contributed by atoms with Gasteiger partial charge in [0.15, 0.2) is 5.82 Å². The molecule has 3 aromatic carbocycles. The molecule has 3 rings (SSSR count). The number of benzene rings is 3. The highest BCUT2D eigenvalue weighted by Gasteiger charge is 2.30. The Labute approximate surface area is 175 Å². The number of aliphatic imine (C=N–C) groups is 1. The van der Waals surface area contributed by atoms with Crippen LogP contribution in [0.1, 0.15) is 16.7 Å². The van der Waals surface area contributed by atoms with Crippen LogP contribution in [0.2, 0.25) is 0 Å². The maximum Gasteiger partial charge on any atom is 0.573 e. The number of hydrogen-bond acceptors (Lipinski definition) is 3. The number of halogens is 4. The second kappa shape index (κ2) is 8.91. The van der Waals surface area contributed by atoms with Crippen LogP contribution >= 0.6 is 12.2 Å². The van der Waals surface area contributed by atoms with E-state index in [9.17, 15) is 17.6 Å². The number of ether oxygens (including phenoxy) is 1. The third kappa shape index (κ3) is 5.54. The van der Waals surface area contributed by atoms with E-state index in [1.54, 1.807) is 24.3 Å². The van der Waals surface area contributed by atoms with Crippen LogP contribution in [-0.2, 0) is 0 Å². The average Bonchev–Trinajstić information content (AvgIpc) is 2.68. The lowest BCUT2D eigenvalue weighted by Crippen LogP contribution is -2.16. The molecule has 0 saturated carbocycles. The Hall–Kier alpha value is -3.46. The van der Waals surface area contributed by atoms with Crippen LogP contribution in [0.25, 0.3) is 11.1 Å². The van der Waals surface area contributed by atoms with Crippen LogP contribution in [0.15, 0.2) is 65.7 Å². The molecule has 0 saturated heterocycles. The van der Waals surface area contributed by atoms with Gasteiger partial charge in [-0.1, -0.05) is 36.1 Å². The molecule has 30 heavy (non-hydrogen) atoms. The summed E-state index contributed by atoms with van der Waals surface area (Å²) in [6.45, 7) is 1.87. The Bertz CT molecular complexity index is 1180. The van der Waals surface area contributed by atoms with E-state index < -0.39 is 12.2 Å². The zero-order valence-electron chi connectivity index (χ0n) is 15.5. The van der Waals surface area contributed by atoms with Crippen molar-refractivity contribution in [2.75, 3.05) is 0 Å². The van der Waals surface area contributed by atoms with E-state index in [0.29, 0.717) is 5.56 Å². The van der Waals surface area contributed by atoms with E-state index in [0.717, 1.165) is 22.3 Å². The molecule has 0 aromatic heterocycles. The first-order valence-corrected chi connectivity index (χ1v) is 9.02. The average molecular weight is 427 g/mol. The zero-order valence-corrected chi connectivity index (χ0v) is 16.4. The lowest BCUT2D eigenvalue weighted by molar-refractivity contribution is -0.274. The van der Waals surface area contributed by atoms with Crippen molar-refractivity contribution >= 4 is 23.1 Å². The normalized spacial score (nSPS) is 10.6. The first kappa shape index (κ1) is 21.3. The minimum absolute atomic E-state index is 0.0998. The van der Waals surface area contributed by atoms with E-state index >= 15 is 0 Å². The SMILES string of the molecule is Cc1cc(-c2ccc(OC(F)(F)F)cc2)ccc1C#Cc1ccc(N=C=S)c(F)c1. The Morgan fingerprint density at radius 2 is 1.60 bits per heavy atom. The second-order valence-electron chi connectivity index (χ2n) is 6.22. The van der Waals surface area contributed by atoms with Crippen molar-refractivity contribution in [2.45, 2.75) is 13.3 Å². The molecule has 0 unspecified atom stereocenters. The van der Waals surface area contributed by atoms with Gasteiger partial charge in [0.25, 0.3) is 0 Å². The molecule has 0 aliphatic rings. The predicted molar refractivity (Wildman–Crippen MR) is 110 cm³/mol. The molecule has 0 aliphatic heterocycles. The summed E-state index contributed by atoms with van der Waals surface area (Å²) in [6.07, 6.45) is -4.72. The molecular formula is C23H13F4NOS. The number of aryl methyl sites for hydroxylation is 1. The van der Waals surface area contributed by atoms with Crippen molar-refractivity contribution < 1.29 is 22.3 Å². The molecule has 0 heterocycles. The van der Waals surface area contributed by atoms with Gasteiger partial charge in [0, 0.05) is 11.1 Å². The van der Waals surface area contributed by atoms with Gasteiger partial charge in [-0.25, -0.2) is 4.39 Å². The van der Waals surface area contributed by atoms with Crippen molar-refractivity contribution in [3.8, 4) is 28.7 Å². The minimum Gasteiger partial charge on any atom is -0.406 e. The molecule has 0 N–H and O–H groups in total. The minimum atomic E-state index is -4.72. The van der Waals surface area contributed by atoms with Crippen LogP contribution in [-0.4, -0.2) is 11.5 Å². The van der Waals surface area contributed by atoms with E-state index in [2.05, 4.69) is 38.9 Å². The van der Waals surface area contributed by atoms with Gasteiger partial charge in [-0.05, 0) is 72.2 Å². The lowest BCUT2D eigenvalue weighted by Gasteiger charge is -2.10. The van der Waals surface area contributed by atoms with Gasteiger partial charge < -0.3 is 4.74 Å². The summed E-state index contributed by atoms with van der Waals surface area (Å²) in [7, 11) is 0. The Balaban J connectivity index is 1.80. The molecule has 0 amide bonds. The van der Waals surface area contributed by atoms with Gasteiger partial charge in [0.05, 0.1) is 5.16 Å². The lowest BCUT2D eigenvalue weighted by atomic mass is 10.00. The van der Waals surface area contributed by atoms with Gasteiger partial charge >= 0.3 is 6.36 Å². The van der Waals surface area contributed by atoms with Crippen LogP contribution in [0, 0.1) is 24.6 Å². The number of nitrogens with zero attached hydrogens (tertiary/aromatic N) is 1. The largest absolute Gasteiger partial charge is 0.573 e. The molecule has 3 aromatic rings. The van der Waals surface area contributed by atoms with E-state index in [1.807, 2.05) is 19.1 Å². The number of rotatable bonds is 3. The highest BCUT2D eigenvalue weighted by molar-refractivity contribution is 7.78. The fraction of sp³-hybridized carbons (Fsp3) is 0.0870. The fourth-order valence-electron chi connectivity index (χ4n) is 2.70. The van der Waals surface area contributed by atoms with Gasteiger partial charge in [0.2, 0.25) is 0 Å². The van der Waals surface area contributed by atoms with Crippen molar-refractivity contribution in [1.29, 1.82) is 0 Å². The molecule has 0 atom stereocenters. The molecule has 0 spiro atoms. The van der Waals surface area contributed by atoms with Crippen LogP contribution in [0.4, 0.5) is 23.2 Å². The molecular weight excluding hydrogens is 414 g/mol. The predicted octanol–water partition coefficient (Wildman–Crippen LogP) is 6.83. The van der Waals surface area contributed by atoms with E-state index in [4.69, 9.17) is 0 Å². The third-order valence-electron chi connectivity index (χ3n) is 4.10. The first-order chi connectivity index (χ1) is 14.2. The number of alkyl halides is 3. The van der Waals surface area contributed by atoms with Gasteiger partial charge in [-0.3, -0.25) is 0 Å². The summed E-state index contributed by atoms with van der Waals surface area (Å²) < 4.78 is 54.6. The summed E-state index contributed by atoms with van der Waals surface area (Å²) in [6, 6.07) is 15.5. The number of thiocarbonyl (C=S) groups is 1. The summed E-state index contributed by atoms with van der Waals surface area (Å²) in [5.41, 5.74) is 3.77. The zero-order chi connectivity index (χ0) is 21.7. The van der Waals surface area contributed by atoms with E-state index in [1.165, 1.54) is 24.3 Å². The van der Waals surface area contributed by atoms with Gasteiger partial charge in [-0.2, -0.15) is 4.99 Å². The van der Waals surface area contributed by atoms with Gasteiger partial charge in [-0.15, -0.1) is 13.2 Å². The quantitative estimate of drug-likeness (QED) is 0.198. The van der Waals surface area contributed by atoms with E-state index in [-0.39, 0.29) is 11.4 Å². The smallest absolute Gasteiger partial charge is 0.406 e. The van der Waals surface area contributed by atoms with Crippen molar-refractivity contribution in [2.24, 2.45) is 4.99 Å². The van der Waals surface area contributed by atoms with Crippen molar-refractivity contribution in [3.05, 3.63) is 83.2 Å². The fourth-order valence-corrected chi connectivity index (χ4v) is 2.79. The summed E-state index contributed by atoms with van der Waals surface area (Å²) in [5, 5.41) is 2.12. The standard InChI is InChI=1S/C23H13F4NOS/c1-15-12-19(18-7-9-20(10-8-18)29-23(25,26)27)6-5-17(15)4-2-16-3-11-22(28-14-30)21(24)13-16/h3,5-13H,1H3. The Morgan fingerprint density at radius 3 is 2.20 bits per heavy atom. The number of isothiocyanates is 1. The highest BCUT2D eigenvalue weighted by Crippen LogP contribution is 2.27. The van der Waals surface area contributed by atoms with Crippen LogP contribution in [0.3, 0.4) is 0 Å². The maximum atomic E-state index is 13.9. The van der Waals surface area contributed by atoms with Crippen LogP contribution in [0.5, 0.6) is 5.75 Å². The van der Waals surface area contributed by atoms with Crippen molar-refractivity contribution in [3.63, 3.8) is 0 Å².